The van der Waals surface area contributed by atoms with Crippen LogP contribution in [0.5, 0.6) is 0 Å². The molecule has 1 heterocycles. The minimum Gasteiger partial charge on any atom is -0.466 e. The lowest BCUT2D eigenvalue weighted by molar-refractivity contribution is -0.144. The molecular weight excluding hydrogens is 246 g/mol. The Labute approximate surface area is 115 Å². The average Bonchev–Trinajstić information content (AvgIpc) is 2.43. The van der Waals surface area contributed by atoms with Crippen LogP contribution in [0.1, 0.15) is 19.3 Å². The molecule has 0 atom stereocenters. The summed E-state index contributed by atoms with van der Waals surface area (Å²) in [7, 11) is 0. The fraction of sp³-hybridized carbons (Fsp3) is 0.923. The fourth-order valence-electron chi connectivity index (χ4n) is 2.14. The molecule has 0 unspecified atom stereocenters. The molecule has 6 nitrogen and oxygen atoms in total. The van der Waals surface area contributed by atoms with Crippen molar-refractivity contribution in [1.82, 2.24) is 9.80 Å². The molecule has 0 aromatic heterocycles. The van der Waals surface area contributed by atoms with Gasteiger partial charge in [0.1, 0.15) is 0 Å². The van der Waals surface area contributed by atoms with Crippen molar-refractivity contribution >= 4 is 5.97 Å². The molecule has 0 radical (unpaired) electrons. The topological polar surface area (TPSA) is 79.0 Å². The molecule has 0 aliphatic carbocycles. The summed E-state index contributed by atoms with van der Waals surface area (Å²) < 4.78 is 5.09. The molecule has 0 aromatic rings. The van der Waals surface area contributed by atoms with E-state index < -0.39 is 0 Å². The fourth-order valence-corrected chi connectivity index (χ4v) is 2.14. The highest BCUT2D eigenvalue weighted by molar-refractivity contribution is 5.69. The van der Waals surface area contributed by atoms with Crippen molar-refractivity contribution in [3.63, 3.8) is 0 Å². The summed E-state index contributed by atoms with van der Waals surface area (Å²) in [6, 6.07) is 0. The second-order valence-corrected chi connectivity index (χ2v) is 4.87. The lowest BCUT2D eigenvalue weighted by Crippen LogP contribution is -2.48. The molecule has 0 saturated carbocycles. The highest BCUT2D eigenvalue weighted by atomic mass is 16.5. The number of aliphatic hydroxyl groups excluding tert-OH is 1. The first-order valence-corrected chi connectivity index (χ1v) is 7.17. The van der Waals surface area contributed by atoms with E-state index in [0.29, 0.717) is 26.0 Å². The molecule has 1 rings (SSSR count). The Bertz CT molecular complexity index is 243. The number of nitrogens with two attached hydrogens (primary N) is 1. The van der Waals surface area contributed by atoms with Crippen molar-refractivity contribution in [2.45, 2.75) is 19.3 Å². The van der Waals surface area contributed by atoms with E-state index in [2.05, 4.69) is 9.80 Å². The number of nitrogens with zero attached hydrogens (tertiary/aromatic N) is 2. The van der Waals surface area contributed by atoms with E-state index in [4.69, 9.17) is 15.6 Å². The maximum atomic E-state index is 11.5. The van der Waals surface area contributed by atoms with Gasteiger partial charge in [0.2, 0.25) is 0 Å². The van der Waals surface area contributed by atoms with Gasteiger partial charge in [-0.2, -0.15) is 0 Å². The second kappa shape index (κ2) is 10.1. The Morgan fingerprint density at radius 2 is 1.74 bits per heavy atom. The number of aliphatic hydroxyl groups is 1. The Balaban J connectivity index is 2.02. The summed E-state index contributed by atoms with van der Waals surface area (Å²) in [6.45, 7) is 7.07. The Morgan fingerprint density at radius 3 is 2.32 bits per heavy atom. The van der Waals surface area contributed by atoms with E-state index >= 15 is 0 Å². The van der Waals surface area contributed by atoms with E-state index in [1.807, 2.05) is 0 Å². The number of carbonyl (C=O) groups is 1. The van der Waals surface area contributed by atoms with Crippen LogP contribution in [0.15, 0.2) is 0 Å². The Kier molecular flexibility index (Phi) is 8.73. The summed E-state index contributed by atoms with van der Waals surface area (Å²) in [4.78, 5) is 16.1. The van der Waals surface area contributed by atoms with Gasteiger partial charge in [0.05, 0.1) is 13.0 Å². The molecule has 1 saturated heterocycles. The van der Waals surface area contributed by atoms with Crippen LogP contribution in [0.4, 0.5) is 0 Å². The lowest BCUT2D eigenvalue weighted by Gasteiger charge is -2.34. The number of hydrogen-bond acceptors (Lipinski definition) is 6. The van der Waals surface area contributed by atoms with Crippen molar-refractivity contribution < 1.29 is 14.6 Å². The van der Waals surface area contributed by atoms with Crippen LogP contribution < -0.4 is 5.73 Å². The van der Waals surface area contributed by atoms with Gasteiger partial charge in [-0.1, -0.05) is 0 Å². The minimum atomic E-state index is -0.137. The largest absolute Gasteiger partial charge is 0.466 e. The van der Waals surface area contributed by atoms with E-state index in [9.17, 15) is 4.79 Å². The normalized spacial score (nSPS) is 17.6. The zero-order valence-corrected chi connectivity index (χ0v) is 11.7. The Morgan fingerprint density at radius 1 is 1.11 bits per heavy atom. The molecule has 1 aliphatic rings. The number of unbranched alkanes of at least 4 members (excludes halogenated alkanes) is 1. The quantitative estimate of drug-likeness (QED) is 0.426. The van der Waals surface area contributed by atoms with Crippen molar-refractivity contribution in [1.29, 1.82) is 0 Å². The summed E-state index contributed by atoms with van der Waals surface area (Å²) in [5, 5.41) is 8.61. The van der Waals surface area contributed by atoms with Gasteiger partial charge in [-0.3, -0.25) is 9.69 Å². The van der Waals surface area contributed by atoms with Crippen molar-refractivity contribution in [2.24, 2.45) is 5.73 Å². The van der Waals surface area contributed by atoms with Gasteiger partial charge < -0.3 is 20.5 Å². The zero-order valence-electron chi connectivity index (χ0n) is 11.7. The molecule has 6 heteroatoms. The number of rotatable bonds is 9. The number of esters is 1. The van der Waals surface area contributed by atoms with Crippen molar-refractivity contribution in [3.8, 4) is 0 Å². The second-order valence-electron chi connectivity index (χ2n) is 4.87. The summed E-state index contributed by atoms with van der Waals surface area (Å²) in [6.07, 6.45) is 1.88. The van der Waals surface area contributed by atoms with E-state index in [1.54, 1.807) is 0 Å². The molecule has 0 bridgehead atoms. The highest BCUT2D eigenvalue weighted by Crippen LogP contribution is 2.02. The molecule has 112 valence electrons. The van der Waals surface area contributed by atoms with Crippen molar-refractivity contribution in [2.75, 3.05) is 59.0 Å². The van der Waals surface area contributed by atoms with E-state index in [1.165, 1.54) is 0 Å². The highest BCUT2D eigenvalue weighted by Gasteiger charge is 2.16. The number of carbonyl (C=O) groups excluding carboxylic acids is 1. The molecule has 3 N–H and O–H groups in total. The predicted octanol–water partition coefficient (Wildman–Crippen LogP) is -0.731. The van der Waals surface area contributed by atoms with Crippen LogP contribution in [-0.2, 0) is 9.53 Å². The molecule has 0 amide bonds. The van der Waals surface area contributed by atoms with Gasteiger partial charge in [0, 0.05) is 52.4 Å². The Hall–Kier alpha value is -0.690. The molecule has 1 fully saturated rings. The molecule has 19 heavy (non-hydrogen) atoms. The van der Waals surface area contributed by atoms with Crippen LogP contribution >= 0.6 is 0 Å². The first-order chi connectivity index (χ1) is 9.26. The predicted molar refractivity (Wildman–Crippen MR) is 73.8 cm³/mol. The van der Waals surface area contributed by atoms with E-state index in [0.717, 1.165) is 45.7 Å². The van der Waals surface area contributed by atoms with Crippen LogP contribution in [0.2, 0.25) is 0 Å². The van der Waals surface area contributed by atoms with Gasteiger partial charge in [-0.05, 0) is 12.8 Å². The molecule has 1 aliphatic heterocycles. The third-order valence-corrected chi connectivity index (χ3v) is 3.36. The average molecular weight is 273 g/mol. The maximum absolute atomic E-state index is 11.5. The SMILES string of the molecule is NCCN1CCN(CCC(=O)OCCCCO)CC1. The van der Waals surface area contributed by atoms with Gasteiger partial charge >= 0.3 is 5.97 Å². The molecule has 0 spiro atoms. The standard InChI is InChI=1S/C13H27N3O3/c14-4-6-16-9-7-15(8-10-16)5-3-13(18)19-12-2-1-11-17/h17H,1-12,14H2. The van der Waals surface area contributed by atoms with Crippen LogP contribution in [0, 0.1) is 0 Å². The number of ether oxygens (including phenoxy) is 1. The van der Waals surface area contributed by atoms with Crippen LogP contribution in [-0.4, -0.2) is 79.9 Å². The number of hydrogen-bond donors (Lipinski definition) is 2. The molecular formula is C13H27N3O3. The molecule has 0 aromatic carbocycles. The van der Waals surface area contributed by atoms with Crippen LogP contribution in [0.25, 0.3) is 0 Å². The first-order valence-electron chi connectivity index (χ1n) is 7.17. The first kappa shape index (κ1) is 16.4. The van der Waals surface area contributed by atoms with Crippen LogP contribution in [0.3, 0.4) is 0 Å². The third-order valence-electron chi connectivity index (χ3n) is 3.36. The van der Waals surface area contributed by atoms with Crippen molar-refractivity contribution in [3.05, 3.63) is 0 Å². The smallest absolute Gasteiger partial charge is 0.307 e. The number of piperazine rings is 1. The zero-order chi connectivity index (χ0) is 13.9. The van der Waals surface area contributed by atoms with Gasteiger partial charge in [-0.25, -0.2) is 0 Å². The van der Waals surface area contributed by atoms with E-state index in [-0.39, 0.29) is 12.6 Å². The van der Waals surface area contributed by atoms with Gasteiger partial charge in [-0.15, -0.1) is 0 Å². The summed E-state index contributed by atoms with van der Waals surface area (Å²) in [5.41, 5.74) is 5.53. The van der Waals surface area contributed by atoms with Gasteiger partial charge in [0.15, 0.2) is 0 Å². The maximum Gasteiger partial charge on any atom is 0.307 e. The third kappa shape index (κ3) is 7.47. The summed E-state index contributed by atoms with van der Waals surface area (Å²) >= 11 is 0. The minimum absolute atomic E-state index is 0.137. The lowest BCUT2D eigenvalue weighted by atomic mass is 10.3. The monoisotopic (exact) mass is 273 g/mol. The summed E-state index contributed by atoms with van der Waals surface area (Å²) in [5.74, 6) is -0.137. The van der Waals surface area contributed by atoms with Gasteiger partial charge in [0.25, 0.3) is 0 Å².